The third-order valence-corrected chi connectivity index (χ3v) is 8.48. The van der Waals surface area contributed by atoms with Crippen molar-refractivity contribution in [3.05, 3.63) is 104 Å². The Morgan fingerprint density at radius 1 is 1.05 bits per heavy atom. The monoisotopic (exact) mass is 631 g/mol. The highest BCUT2D eigenvalue weighted by Crippen LogP contribution is 2.54. The summed E-state index contributed by atoms with van der Waals surface area (Å²) in [5.41, 5.74) is 0.712. The molecule has 2 aliphatic rings. The van der Waals surface area contributed by atoms with Crippen LogP contribution >= 0.6 is 39.1 Å². The summed E-state index contributed by atoms with van der Waals surface area (Å²) in [6.45, 7) is 2.16. The van der Waals surface area contributed by atoms with Gasteiger partial charge in [0.15, 0.2) is 5.72 Å². The minimum absolute atomic E-state index is 0.0196. The average Bonchev–Trinajstić information content (AvgIpc) is 3.67. The molecule has 9 heteroatoms. The van der Waals surface area contributed by atoms with Crippen molar-refractivity contribution in [1.29, 1.82) is 0 Å². The Labute approximate surface area is 245 Å². The van der Waals surface area contributed by atoms with Crippen LogP contribution in [0, 0.1) is 5.41 Å². The van der Waals surface area contributed by atoms with E-state index in [0.29, 0.717) is 32.3 Å². The number of halogens is 3. The van der Waals surface area contributed by atoms with Crippen molar-refractivity contribution in [2.45, 2.75) is 38.0 Å². The second-order valence-electron chi connectivity index (χ2n) is 10.0. The van der Waals surface area contributed by atoms with Gasteiger partial charge < -0.3 is 14.6 Å². The number of hydrogen-bond acceptors (Lipinski definition) is 5. The van der Waals surface area contributed by atoms with Crippen LogP contribution in [0.5, 0.6) is 0 Å². The number of benzene rings is 3. The van der Waals surface area contributed by atoms with E-state index in [2.05, 4.69) is 15.9 Å². The second-order valence-corrected chi connectivity index (χ2v) is 11.8. The van der Waals surface area contributed by atoms with Gasteiger partial charge in [0.05, 0.1) is 32.3 Å². The first-order valence-corrected chi connectivity index (χ1v) is 14.3. The highest BCUT2D eigenvalue weighted by atomic mass is 79.9. The minimum Gasteiger partial charge on any atom is -0.466 e. The molecule has 1 aliphatic carbocycles. The van der Waals surface area contributed by atoms with Crippen LogP contribution in [-0.2, 0) is 20.0 Å². The lowest BCUT2D eigenvalue weighted by molar-refractivity contribution is -0.154. The zero-order chi connectivity index (χ0) is 27.8. The van der Waals surface area contributed by atoms with Gasteiger partial charge in [-0.2, -0.15) is 0 Å². The fourth-order valence-corrected chi connectivity index (χ4v) is 5.77. The minimum atomic E-state index is -1.40. The van der Waals surface area contributed by atoms with E-state index in [1.807, 2.05) is 24.3 Å². The van der Waals surface area contributed by atoms with Crippen LogP contribution < -0.4 is 0 Å². The highest BCUT2D eigenvalue weighted by molar-refractivity contribution is 9.10. The zero-order valence-corrected chi connectivity index (χ0v) is 24.4. The first-order valence-electron chi connectivity index (χ1n) is 12.8. The molecule has 3 aromatic carbocycles. The maximum atomic E-state index is 14.4. The molecule has 39 heavy (non-hydrogen) atoms. The zero-order valence-electron chi connectivity index (χ0n) is 21.3. The average molecular weight is 633 g/mol. The van der Waals surface area contributed by atoms with Crippen molar-refractivity contribution in [1.82, 2.24) is 4.90 Å². The van der Waals surface area contributed by atoms with E-state index in [1.165, 1.54) is 0 Å². The molecule has 6 nitrogen and oxygen atoms in total. The van der Waals surface area contributed by atoms with E-state index in [-0.39, 0.29) is 37.6 Å². The maximum Gasteiger partial charge on any atom is 0.308 e. The fourth-order valence-electron chi connectivity index (χ4n) is 5.16. The Morgan fingerprint density at radius 2 is 1.69 bits per heavy atom. The summed E-state index contributed by atoms with van der Waals surface area (Å²) in [7, 11) is 0. The predicted octanol–water partition coefficient (Wildman–Crippen LogP) is 6.90. The standard InChI is InChI=1S/C30H28BrCl2NO5/c1-2-38-27(36)16-26(19-3-8-22(32)9-4-19)34-28(37)24-15-21(31)7-12-25(24)30(34,20-5-10-23(33)11-6-20)39-18-29(17-35)13-14-29/h3-12,15,26,35H,2,13-14,16-18H2,1H3/t26-,30?/m0/s1. The van der Waals surface area contributed by atoms with Crippen molar-refractivity contribution in [3.63, 3.8) is 0 Å². The molecule has 0 bridgehead atoms. The molecule has 1 fully saturated rings. The quantitative estimate of drug-likeness (QED) is 0.246. The van der Waals surface area contributed by atoms with Crippen molar-refractivity contribution in [3.8, 4) is 0 Å². The summed E-state index contributed by atoms with van der Waals surface area (Å²) >= 11 is 16.0. The number of rotatable bonds is 10. The molecule has 1 saturated carbocycles. The van der Waals surface area contributed by atoms with Crippen LogP contribution in [0.1, 0.15) is 59.3 Å². The number of ether oxygens (including phenoxy) is 2. The van der Waals surface area contributed by atoms with Gasteiger partial charge in [-0.05, 0) is 61.7 Å². The third kappa shape index (κ3) is 5.35. The summed E-state index contributed by atoms with van der Waals surface area (Å²) in [4.78, 5) is 29.0. The molecule has 5 rings (SSSR count). The molecule has 0 saturated heterocycles. The van der Waals surface area contributed by atoms with Crippen LogP contribution in [0.2, 0.25) is 10.0 Å². The smallest absolute Gasteiger partial charge is 0.308 e. The van der Waals surface area contributed by atoms with Crippen LogP contribution in [0.3, 0.4) is 0 Å². The number of carbonyl (C=O) groups excluding carboxylic acids is 2. The van der Waals surface area contributed by atoms with Crippen molar-refractivity contribution in [2.75, 3.05) is 19.8 Å². The second kappa shape index (κ2) is 11.2. The molecule has 1 aliphatic heterocycles. The van der Waals surface area contributed by atoms with Gasteiger partial charge in [0, 0.05) is 36.6 Å². The van der Waals surface area contributed by atoms with E-state index >= 15 is 0 Å². The molecule has 2 atom stereocenters. The maximum absolute atomic E-state index is 14.4. The Morgan fingerprint density at radius 3 is 2.28 bits per heavy atom. The number of hydrogen-bond donors (Lipinski definition) is 1. The van der Waals surface area contributed by atoms with Gasteiger partial charge in [-0.25, -0.2) is 0 Å². The van der Waals surface area contributed by atoms with Crippen LogP contribution in [0.4, 0.5) is 0 Å². The SMILES string of the molecule is CCOC(=O)C[C@@H](c1ccc(Cl)cc1)N1C(=O)c2cc(Br)ccc2C1(OCC1(CO)CC1)c1ccc(Cl)cc1. The molecule has 0 spiro atoms. The van der Waals surface area contributed by atoms with E-state index in [1.54, 1.807) is 54.3 Å². The van der Waals surface area contributed by atoms with Crippen LogP contribution in [0.15, 0.2) is 71.2 Å². The van der Waals surface area contributed by atoms with Gasteiger partial charge in [-0.1, -0.05) is 69.5 Å². The molecule has 204 valence electrons. The van der Waals surface area contributed by atoms with Gasteiger partial charge in [0.25, 0.3) is 5.91 Å². The van der Waals surface area contributed by atoms with Gasteiger partial charge in [-0.15, -0.1) is 0 Å². The number of aliphatic hydroxyl groups is 1. The molecule has 3 aromatic rings. The first kappa shape index (κ1) is 28.1. The summed E-state index contributed by atoms with van der Waals surface area (Å²) < 4.78 is 12.9. The normalized spacial score (nSPS) is 20.0. The van der Waals surface area contributed by atoms with Crippen LogP contribution in [-0.4, -0.2) is 41.7 Å². The summed E-state index contributed by atoms with van der Waals surface area (Å²) in [6, 6.07) is 19.0. The Balaban J connectivity index is 1.75. The number of nitrogens with zero attached hydrogens (tertiary/aromatic N) is 1. The summed E-state index contributed by atoms with van der Waals surface area (Å²) in [6.07, 6.45) is 1.55. The van der Waals surface area contributed by atoms with Crippen molar-refractivity contribution in [2.24, 2.45) is 5.41 Å². The number of aliphatic hydroxyl groups excluding tert-OH is 1. The van der Waals surface area contributed by atoms with Crippen LogP contribution in [0.25, 0.3) is 0 Å². The fraction of sp³-hybridized carbons (Fsp3) is 0.333. The number of esters is 1. The van der Waals surface area contributed by atoms with Gasteiger partial charge >= 0.3 is 5.97 Å². The lowest BCUT2D eigenvalue weighted by Crippen LogP contribution is -2.50. The summed E-state index contributed by atoms with van der Waals surface area (Å²) in [5, 5.41) is 11.2. The Kier molecular flexibility index (Phi) is 8.09. The number of amides is 1. The largest absolute Gasteiger partial charge is 0.466 e. The van der Waals surface area contributed by atoms with E-state index in [9.17, 15) is 14.7 Å². The number of fused-ring (bicyclic) bond motifs is 1. The molecule has 0 radical (unpaired) electrons. The van der Waals surface area contributed by atoms with Gasteiger partial charge in [0.1, 0.15) is 0 Å². The highest BCUT2D eigenvalue weighted by Gasteiger charge is 2.57. The summed E-state index contributed by atoms with van der Waals surface area (Å²) in [5.74, 6) is -0.735. The molecule has 0 aromatic heterocycles. The molecular weight excluding hydrogens is 605 g/mol. The predicted molar refractivity (Wildman–Crippen MR) is 153 cm³/mol. The van der Waals surface area contributed by atoms with Gasteiger partial charge in [0.2, 0.25) is 0 Å². The molecule has 1 amide bonds. The molecule has 1 N–H and O–H groups in total. The topological polar surface area (TPSA) is 76.1 Å². The molecular formula is C30H28BrCl2NO5. The Hall–Kier alpha value is -2.42. The van der Waals surface area contributed by atoms with E-state index < -0.39 is 17.7 Å². The lowest BCUT2D eigenvalue weighted by atomic mass is 9.91. The van der Waals surface area contributed by atoms with Crippen molar-refractivity contribution < 1.29 is 24.2 Å². The third-order valence-electron chi connectivity index (χ3n) is 7.48. The number of carbonyl (C=O) groups is 2. The Bertz CT molecular complexity index is 1380. The lowest BCUT2D eigenvalue weighted by Gasteiger charge is -2.44. The first-order chi connectivity index (χ1) is 18.7. The molecule has 1 unspecified atom stereocenters. The van der Waals surface area contributed by atoms with Crippen molar-refractivity contribution >= 4 is 51.0 Å². The van der Waals surface area contributed by atoms with E-state index in [0.717, 1.165) is 17.3 Å². The molecule has 1 heterocycles. The van der Waals surface area contributed by atoms with E-state index in [4.69, 9.17) is 32.7 Å². The van der Waals surface area contributed by atoms with Gasteiger partial charge in [-0.3, -0.25) is 14.5 Å².